The summed E-state index contributed by atoms with van der Waals surface area (Å²) in [6.45, 7) is 2.87. The molecule has 1 aromatic heterocycles. The van der Waals surface area contributed by atoms with Crippen molar-refractivity contribution in [3.05, 3.63) is 18.5 Å². The average molecular weight is 238 g/mol. The van der Waals surface area contributed by atoms with Gasteiger partial charge in [0.15, 0.2) is 0 Å². The van der Waals surface area contributed by atoms with Crippen LogP contribution in [0.1, 0.15) is 13.0 Å². The number of likely N-dealkylation sites (tertiary alicyclic amines) is 1. The van der Waals surface area contributed by atoms with Gasteiger partial charge in [0.1, 0.15) is 0 Å². The van der Waals surface area contributed by atoms with Gasteiger partial charge in [0.05, 0.1) is 18.2 Å². The van der Waals surface area contributed by atoms with Crippen LogP contribution in [0.15, 0.2) is 18.5 Å². The van der Waals surface area contributed by atoms with Crippen molar-refractivity contribution in [2.75, 3.05) is 20.2 Å². The summed E-state index contributed by atoms with van der Waals surface area (Å²) in [5.74, 6) is -0.0401. The van der Waals surface area contributed by atoms with Crippen molar-refractivity contribution in [2.45, 2.75) is 25.1 Å². The Morgan fingerprint density at radius 1 is 1.59 bits per heavy atom. The lowest BCUT2D eigenvalue weighted by molar-refractivity contribution is -0.131. The Balaban J connectivity index is 2.11. The Labute approximate surface area is 100 Å². The Kier molecular flexibility index (Phi) is 3.44. The van der Waals surface area contributed by atoms with Crippen LogP contribution in [0.4, 0.5) is 0 Å². The van der Waals surface area contributed by atoms with Crippen LogP contribution in [0.5, 0.6) is 0 Å². The summed E-state index contributed by atoms with van der Waals surface area (Å²) in [4.78, 5) is 13.6. The van der Waals surface area contributed by atoms with Crippen molar-refractivity contribution in [3.63, 3.8) is 0 Å². The Morgan fingerprint density at radius 2 is 2.35 bits per heavy atom. The largest absolute Gasteiger partial charge is 0.377 e. The molecule has 1 saturated heterocycles. The zero-order valence-corrected chi connectivity index (χ0v) is 10.1. The highest BCUT2D eigenvalue weighted by Gasteiger charge is 2.37. The van der Waals surface area contributed by atoms with Gasteiger partial charge < -0.3 is 15.4 Å². The maximum atomic E-state index is 11.8. The molecule has 0 bridgehead atoms. The molecule has 17 heavy (non-hydrogen) atoms. The number of hydrogen-bond acceptors (Lipinski definition) is 4. The molecule has 3 atom stereocenters. The molecule has 2 rings (SSSR count). The van der Waals surface area contributed by atoms with Crippen LogP contribution >= 0.6 is 0 Å². The van der Waals surface area contributed by atoms with E-state index in [-0.39, 0.29) is 18.1 Å². The fourth-order valence-corrected chi connectivity index (χ4v) is 2.19. The second-order valence-corrected chi connectivity index (χ2v) is 4.36. The van der Waals surface area contributed by atoms with Crippen LogP contribution in [0.2, 0.25) is 0 Å². The van der Waals surface area contributed by atoms with Crippen LogP contribution in [0.25, 0.3) is 0 Å². The summed E-state index contributed by atoms with van der Waals surface area (Å²) in [5.41, 5.74) is 5.61. The average Bonchev–Trinajstić information content (AvgIpc) is 2.95. The fraction of sp³-hybridized carbons (Fsp3) is 0.636. The van der Waals surface area contributed by atoms with Crippen molar-refractivity contribution >= 4 is 5.91 Å². The fourth-order valence-electron chi connectivity index (χ4n) is 2.19. The van der Waals surface area contributed by atoms with Gasteiger partial charge in [-0.2, -0.15) is 5.10 Å². The standard InChI is InChI=1S/C11H18N4O2/c1-8(12)11(16)14-6-9(10(7-14)17-2)15-5-3-4-13-15/h3-5,8-10H,6-7,12H2,1-2H3/t8-,9-,10+/m0/s1. The summed E-state index contributed by atoms with van der Waals surface area (Å²) in [7, 11) is 1.65. The molecule has 0 unspecified atom stereocenters. The number of carbonyl (C=O) groups excluding carboxylic acids is 1. The van der Waals surface area contributed by atoms with E-state index in [0.29, 0.717) is 13.1 Å². The topological polar surface area (TPSA) is 73.4 Å². The molecular weight excluding hydrogens is 220 g/mol. The van der Waals surface area contributed by atoms with Gasteiger partial charge in [-0.05, 0) is 13.0 Å². The van der Waals surface area contributed by atoms with Crippen LogP contribution < -0.4 is 5.73 Å². The van der Waals surface area contributed by atoms with Crippen molar-refractivity contribution in [2.24, 2.45) is 5.73 Å². The normalized spacial score (nSPS) is 26.2. The lowest BCUT2D eigenvalue weighted by Gasteiger charge is -2.18. The monoisotopic (exact) mass is 238 g/mol. The van der Waals surface area contributed by atoms with Crippen LogP contribution in [0.3, 0.4) is 0 Å². The number of nitrogens with two attached hydrogens (primary N) is 1. The quantitative estimate of drug-likeness (QED) is 0.779. The summed E-state index contributed by atoms with van der Waals surface area (Å²) in [6.07, 6.45) is 3.58. The third-order valence-electron chi connectivity index (χ3n) is 3.11. The molecule has 1 aromatic rings. The van der Waals surface area contributed by atoms with E-state index in [1.807, 2.05) is 16.9 Å². The van der Waals surface area contributed by atoms with E-state index >= 15 is 0 Å². The van der Waals surface area contributed by atoms with Crippen LogP contribution in [-0.2, 0) is 9.53 Å². The highest BCUT2D eigenvalue weighted by atomic mass is 16.5. The molecule has 6 nitrogen and oxygen atoms in total. The first kappa shape index (κ1) is 12.1. The number of carbonyl (C=O) groups is 1. The zero-order chi connectivity index (χ0) is 12.4. The molecule has 0 radical (unpaired) electrons. The second kappa shape index (κ2) is 4.85. The smallest absolute Gasteiger partial charge is 0.239 e. The predicted molar refractivity (Wildman–Crippen MR) is 62.3 cm³/mol. The molecule has 0 aromatic carbocycles. The van der Waals surface area contributed by atoms with E-state index in [9.17, 15) is 4.79 Å². The van der Waals surface area contributed by atoms with Gasteiger partial charge >= 0.3 is 0 Å². The van der Waals surface area contributed by atoms with Gasteiger partial charge in [-0.1, -0.05) is 0 Å². The molecule has 2 heterocycles. The number of nitrogens with zero attached hydrogens (tertiary/aromatic N) is 3. The number of aromatic nitrogens is 2. The van der Waals surface area contributed by atoms with Gasteiger partial charge in [0, 0.05) is 32.6 Å². The van der Waals surface area contributed by atoms with Gasteiger partial charge in [0.2, 0.25) is 5.91 Å². The van der Waals surface area contributed by atoms with E-state index in [1.54, 1.807) is 25.1 Å². The van der Waals surface area contributed by atoms with E-state index in [1.165, 1.54) is 0 Å². The van der Waals surface area contributed by atoms with Crippen LogP contribution in [-0.4, -0.2) is 52.9 Å². The lowest BCUT2D eigenvalue weighted by atomic mass is 10.2. The first-order valence-corrected chi connectivity index (χ1v) is 5.69. The first-order chi connectivity index (χ1) is 8.13. The minimum absolute atomic E-state index is 0.0300. The van der Waals surface area contributed by atoms with E-state index in [0.717, 1.165) is 0 Å². The predicted octanol–water partition coefficient (Wildman–Crippen LogP) is -0.371. The molecule has 2 N–H and O–H groups in total. The van der Waals surface area contributed by atoms with Gasteiger partial charge in [0.25, 0.3) is 0 Å². The third kappa shape index (κ3) is 2.32. The van der Waals surface area contributed by atoms with Gasteiger partial charge in [-0.3, -0.25) is 9.48 Å². The van der Waals surface area contributed by atoms with Crippen molar-refractivity contribution in [3.8, 4) is 0 Å². The second-order valence-electron chi connectivity index (χ2n) is 4.36. The van der Waals surface area contributed by atoms with Crippen molar-refractivity contribution < 1.29 is 9.53 Å². The first-order valence-electron chi connectivity index (χ1n) is 5.69. The summed E-state index contributed by atoms with van der Waals surface area (Å²) in [5, 5.41) is 4.20. The Morgan fingerprint density at radius 3 is 2.88 bits per heavy atom. The molecule has 94 valence electrons. The number of rotatable bonds is 3. The minimum atomic E-state index is -0.469. The molecule has 1 aliphatic heterocycles. The molecule has 0 saturated carbocycles. The van der Waals surface area contributed by atoms with Gasteiger partial charge in [-0.15, -0.1) is 0 Å². The number of hydrogen-bond donors (Lipinski definition) is 1. The number of amides is 1. The van der Waals surface area contributed by atoms with Crippen LogP contribution in [0, 0.1) is 0 Å². The van der Waals surface area contributed by atoms with E-state index in [4.69, 9.17) is 10.5 Å². The summed E-state index contributed by atoms with van der Waals surface area (Å²) >= 11 is 0. The molecule has 0 spiro atoms. The van der Waals surface area contributed by atoms with Gasteiger partial charge in [-0.25, -0.2) is 0 Å². The maximum Gasteiger partial charge on any atom is 0.239 e. The number of ether oxygens (including phenoxy) is 1. The highest BCUT2D eigenvalue weighted by molar-refractivity contribution is 5.81. The Hall–Kier alpha value is -1.40. The summed E-state index contributed by atoms with van der Waals surface area (Å²) < 4.78 is 7.25. The summed E-state index contributed by atoms with van der Waals surface area (Å²) in [6, 6.07) is 1.46. The molecule has 6 heteroatoms. The molecular formula is C11H18N4O2. The minimum Gasteiger partial charge on any atom is -0.377 e. The lowest BCUT2D eigenvalue weighted by Crippen LogP contribution is -2.41. The molecule has 1 amide bonds. The molecule has 0 aliphatic carbocycles. The molecule has 1 fully saturated rings. The third-order valence-corrected chi connectivity index (χ3v) is 3.11. The van der Waals surface area contributed by atoms with E-state index < -0.39 is 6.04 Å². The van der Waals surface area contributed by atoms with Crippen molar-refractivity contribution in [1.29, 1.82) is 0 Å². The zero-order valence-electron chi connectivity index (χ0n) is 10.1. The maximum absolute atomic E-state index is 11.8. The van der Waals surface area contributed by atoms with E-state index in [2.05, 4.69) is 5.10 Å². The van der Waals surface area contributed by atoms with Crippen molar-refractivity contribution in [1.82, 2.24) is 14.7 Å². The molecule has 1 aliphatic rings. The Bertz CT molecular complexity index is 377. The SMILES string of the molecule is CO[C@@H]1CN(C(=O)[C@H](C)N)C[C@@H]1n1cccn1. The highest BCUT2D eigenvalue weighted by Crippen LogP contribution is 2.24. The number of methoxy groups -OCH3 is 1.